The third kappa shape index (κ3) is 3.44. The largest absolute Gasteiger partial charge is 0.399 e. The highest BCUT2D eigenvalue weighted by Crippen LogP contribution is 2.21. The van der Waals surface area contributed by atoms with Crippen LogP contribution in [0, 0.1) is 6.92 Å². The topological polar surface area (TPSA) is 58.3 Å². The fraction of sp³-hybridized carbons (Fsp3) is 0.500. The minimum absolute atomic E-state index is 0.0999. The molecule has 0 aliphatic heterocycles. The van der Waals surface area contributed by atoms with Crippen LogP contribution >= 0.6 is 0 Å². The van der Waals surface area contributed by atoms with Gasteiger partial charge in [-0.2, -0.15) is 0 Å². The third-order valence-corrected chi connectivity index (χ3v) is 2.49. The molecule has 0 spiro atoms. The van der Waals surface area contributed by atoms with E-state index in [4.69, 9.17) is 10.8 Å². The summed E-state index contributed by atoms with van der Waals surface area (Å²) in [6.45, 7) is 6.30. The van der Waals surface area contributed by atoms with E-state index >= 15 is 0 Å². The SMILES string of the molecule is Cc1cc(NC(C)(C)CCO)ccc1N. The first-order valence-electron chi connectivity index (χ1n) is 5.20. The molecular formula is C12H20N2O. The highest BCUT2D eigenvalue weighted by molar-refractivity contribution is 5.57. The summed E-state index contributed by atoms with van der Waals surface area (Å²) in [5.74, 6) is 0. The van der Waals surface area contributed by atoms with Crippen LogP contribution in [0.15, 0.2) is 18.2 Å². The van der Waals surface area contributed by atoms with E-state index in [1.165, 1.54) is 0 Å². The van der Waals surface area contributed by atoms with Crippen molar-refractivity contribution in [3.8, 4) is 0 Å². The first kappa shape index (κ1) is 11.9. The van der Waals surface area contributed by atoms with Gasteiger partial charge in [0.15, 0.2) is 0 Å². The summed E-state index contributed by atoms with van der Waals surface area (Å²) in [5.41, 5.74) is 8.56. The number of anilines is 2. The van der Waals surface area contributed by atoms with Crippen LogP contribution in [0.3, 0.4) is 0 Å². The second-order valence-corrected chi connectivity index (χ2v) is 4.55. The van der Waals surface area contributed by atoms with Crippen LogP contribution in [0.4, 0.5) is 11.4 Å². The van der Waals surface area contributed by atoms with Gasteiger partial charge in [-0.05, 0) is 51.0 Å². The number of aliphatic hydroxyl groups is 1. The molecule has 0 heterocycles. The molecule has 84 valence electrons. The Labute approximate surface area is 91.3 Å². The maximum atomic E-state index is 8.92. The average Bonchev–Trinajstić information content (AvgIpc) is 2.10. The average molecular weight is 208 g/mol. The number of benzene rings is 1. The molecule has 1 rings (SSSR count). The van der Waals surface area contributed by atoms with Gasteiger partial charge < -0.3 is 16.2 Å². The van der Waals surface area contributed by atoms with E-state index in [2.05, 4.69) is 19.2 Å². The molecule has 0 aliphatic rings. The van der Waals surface area contributed by atoms with E-state index in [0.717, 1.165) is 23.4 Å². The Bertz CT molecular complexity index is 334. The van der Waals surface area contributed by atoms with Crippen molar-refractivity contribution in [2.45, 2.75) is 32.7 Å². The van der Waals surface area contributed by atoms with Crippen LogP contribution in [0.25, 0.3) is 0 Å². The zero-order valence-electron chi connectivity index (χ0n) is 9.67. The van der Waals surface area contributed by atoms with Crippen molar-refractivity contribution in [1.29, 1.82) is 0 Å². The zero-order valence-corrected chi connectivity index (χ0v) is 9.67. The molecule has 0 fully saturated rings. The van der Waals surface area contributed by atoms with Gasteiger partial charge in [0.1, 0.15) is 0 Å². The third-order valence-electron chi connectivity index (χ3n) is 2.49. The quantitative estimate of drug-likeness (QED) is 0.664. The van der Waals surface area contributed by atoms with Crippen LogP contribution in [0.5, 0.6) is 0 Å². The van der Waals surface area contributed by atoms with Gasteiger partial charge in [-0.3, -0.25) is 0 Å². The van der Waals surface area contributed by atoms with Crippen LogP contribution in [-0.2, 0) is 0 Å². The van der Waals surface area contributed by atoms with Gasteiger partial charge in [0.2, 0.25) is 0 Å². The summed E-state index contributed by atoms with van der Waals surface area (Å²) >= 11 is 0. The first-order chi connectivity index (χ1) is 6.94. The van der Waals surface area contributed by atoms with Crippen LogP contribution in [0.2, 0.25) is 0 Å². The Balaban J connectivity index is 2.76. The molecule has 0 saturated carbocycles. The lowest BCUT2D eigenvalue weighted by atomic mass is 10.0. The van der Waals surface area contributed by atoms with Gasteiger partial charge in [-0.15, -0.1) is 0 Å². The van der Waals surface area contributed by atoms with E-state index in [0.29, 0.717) is 0 Å². The minimum Gasteiger partial charge on any atom is -0.399 e. The zero-order chi connectivity index (χ0) is 11.5. The van der Waals surface area contributed by atoms with E-state index in [1.807, 2.05) is 25.1 Å². The highest BCUT2D eigenvalue weighted by Gasteiger charge is 2.16. The van der Waals surface area contributed by atoms with E-state index in [9.17, 15) is 0 Å². The van der Waals surface area contributed by atoms with Gasteiger partial charge in [0, 0.05) is 23.5 Å². The fourth-order valence-corrected chi connectivity index (χ4v) is 1.49. The second-order valence-electron chi connectivity index (χ2n) is 4.55. The summed E-state index contributed by atoms with van der Waals surface area (Å²) in [4.78, 5) is 0. The Hall–Kier alpha value is -1.22. The van der Waals surface area contributed by atoms with Crippen molar-refractivity contribution in [2.24, 2.45) is 0 Å². The molecule has 4 N–H and O–H groups in total. The van der Waals surface area contributed by atoms with Gasteiger partial charge in [-0.1, -0.05) is 0 Å². The molecule has 0 aromatic heterocycles. The number of rotatable bonds is 4. The molecule has 0 saturated heterocycles. The summed E-state index contributed by atoms with van der Waals surface area (Å²) in [6, 6.07) is 5.88. The molecule has 0 unspecified atom stereocenters. The summed E-state index contributed by atoms with van der Waals surface area (Å²) in [7, 11) is 0. The maximum absolute atomic E-state index is 8.92. The number of nitrogens with one attached hydrogen (secondary N) is 1. The van der Waals surface area contributed by atoms with Crippen molar-refractivity contribution in [3.05, 3.63) is 23.8 Å². The van der Waals surface area contributed by atoms with Gasteiger partial charge in [-0.25, -0.2) is 0 Å². The fourth-order valence-electron chi connectivity index (χ4n) is 1.49. The van der Waals surface area contributed by atoms with Crippen molar-refractivity contribution in [2.75, 3.05) is 17.7 Å². The Kier molecular flexibility index (Phi) is 3.58. The van der Waals surface area contributed by atoms with Gasteiger partial charge in [0.05, 0.1) is 0 Å². The molecule has 1 aromatic carbocycles. The molecule has 0 bridgehead atoms. The van der Waals surface area contributed by atoms with Crippen molar-refractivity contribution < 1.29 is 5.11 Å². The predicted octanol–water partition coefficient (Wildman–Crippen LogP) is 2.15. The van der Waals surface area contributed by atoms with E-state index < -0.39 is 0 Å². The van der Waals surface area contributed by atoms with Crippen molar-refractivity contribution >= 4 is 11.4 Å². The lowest BCUT2D eigenvalue weighted by Gasteiger charge is -2.27. The predicted molar refractivity (Wildman–Crippen MR) is 65.0 cm³/mol. The number of aliphatic hydroxyl groups excluding tert-OH is 1. The molecule has 0 atom stereocenters. The van der Waals surface area contributed by atoms with Crippen LogP contribution < -0.4 is 11.1 Å². The molecular weight excluding hydrogens is 188 g/mol. The molecule has 1 aromatic rings. The smallest absolute Gasteiger partial charge is 0.0453 e. The highest BCUT2D eigenvalue weighted by atomic mass is 16.3. The maximum Gasteiger partial charge on any atom is 0.0453 e. The molecule has 3 heteroatoms. The molecule has 0 aliphatic carbocycles. The second kappa shape index (κ2) is 4.53. The summed E-state index contributed by atoms with van der Waals surface area (Å²) in [5, 5.41) is 12.3. The normalized spacial score (nSPS) is 11.5. The van der Waals surface area contributed by atoms with Gasteiger partial charge >= 0.3 is 0 Å². The first-order valence-corrected chi connectivity index (χ1v) is 5.20. The van der Waals surface area contributed by atoms with Crippen LogP contribution in [0.1, 0.15) is 25.8 Å². The Morgan fingerprint density at radius 2 is 2.07 bits per heavy atom. The minimum atomic E-state index is -0.0999. The molecule has 0 amide bonds. The molecule has 0 radical (unpaired) electrons. The summed E-state index contributed by atoms with van der Waals surface area (Å²) in [6.07, 6.45) is 0.719. The van der Waals surface area contributed by atoms with Gasteiger partial charge in [0.25, 0.3) is 0 Å². The Morgan fingerprint density at radius 3 is 2.60 bits per heavy atom. The van der Waals surface area contributed by atoms with Crippen molar-refractivity contribution in [1.82, 2.24) is 0 Å². The summed E-state index contributed by atoms with van der Waals surface area (Å²) < 4.78 is 0. The number of hydrogen-bond donors (Lipinski definition) is 3. The van der Waals surface area contributed by atoms with E-state index in [1.54, 1.807) is 0 Å². The number of nitrogens with two attached hydrogens (primary N) is 1. The van der Waals surface area contributed by atoms with E-state index in [-0.39, 0.29) is 12.1 Å². The molecule has 15 heavy (non-hydrogen) atoms. The number of hydrogen-bond acceptors (Lipinski definition) is 3. The van der Waals surface area contributed by atoms with Crippen LogP contribution in [-0.4, -0.2) is 17.3 Å². The van der Waals surface area contributed by atoms with Crippen molar-refractivity contribution in [3.63, 3.8) is 0 Å². The lowest BCUT2D eigenvalue weighted by molar-refractivity contribution is 0.261. The number of aryl methyl sites for hydroxylation is 1. The monoisotopic (exact) mass is 208 g/mol. The lowest BCUT2D eigenvalue weighted by Crippen LogP contribution is -2.31. The number of nitrogen functional groups attached to an aromatic ring is 1. The Morgan fingerprint density at radius 1 is 1.40 bits per heavy atom. The molecule has 3 nitrogen and oxygen atoms in total. The standard InChI is InChI=1S/C12H20N2O/c1-9-8-10(4-5-11(9)13)14-12(2,3)6-7-15/h4-5,8,14-15H,6-7,13H2,1-3H3.